The summed E-state index contributed by atoms with van der Waals surface area (Å²) in [4.78, 5) is 29.3. The minimum atomic E-state index is -0.483. The SMILES string of the molecule is CCCCN(CC)CCNC(=O)[C@@H](CC)N1C(=O)CCn2nc(C)cc21. The summed E-state index contributed by atoms with van der Waals surface area (Å²) in [5.41, 5.74) is 0.865. The van der Waals surface area contributed by atoms with Gasteiger partial charge in [0.15, 0.2) is 0 Å². The summed E-state index contributed by atoms with van der Waals surface area (Å²) < 4.78 is 1.83. The van der Waals surface area contributed by atoms with Crippen molar-refractivity contribution in [2.24, 2.45) is 0 Å². The summed E-state index contributed by atoms with van der Waals surface area (Å²) in [6.45, 7) is 12.2. The molecule has 0 unspecified atom stereocenters. The van der Waals surface area contributed by atoms with Crippen molar-refractivity contribution >= 4 is 17.6 Å². The first-order valence-corrected chi connectivity index (χ1v) is 9.88. The summed E-state index contributed by atoms with van der Waals surface area (Å²) in [5, 5.41) is 7.45. The molecular formula is C19H33N5O2. The van der Waals surface area contributed by atoms with Crippen LogP contribution in [0.2, 0.25) is 0 Å². The first-order chi connectivity index (χ1) is 12.5. The van der Waals surface area contributed by atoms with Crippen LogP contribution < -0.4 is 10.2 Å². The third kappa shape index (κ3) is 4.84. The monoisotopic (exact) mass is 363 g/mol. The number of hydrogen-bond acceptors (Lipinski definition) is 4. The number of nitrogens with one attached hydrogen (secondary N) is 1. The molecule has 1 aromatic rings. The van der Waals surface area contributed by atoms with Crippen LogP contribution in [0.5, 0.6) is 0 Å². The van der Waals surface area contributed by atoms with Crippen molar-refractivity contribution in [3.8, 4) is 0 Å². The fraction of sp³-hybridized carbons (Fsp3) is 0.737. The average molecular weight is 364 g/mol. The van der Waals surface area contributed by atoms with Gasteiger partial charge in [0.1, 0.15) is 11.9 Å². The Kier molecular flexibility index (Phi) is 7.63. The van der Waals surface area contributed by atoms with Gasteiger partial charge in [0.05, 0.1) is 12.2 Å². The Labute approximate surface area is 156 Å². The maximum Gasteiger partial charge on any atom is 0.243 e. The van der Waals surface area contributed by atoms with Gasteiger partial charge >= 0.3 is 0 Å². The zero-order valence-electron chi connectivity index (χ0n) is 16.6. The molecule has 0 saturated heterocycles. The second-order valence-corrected chi connectivity index (χ2v) is 6.88. The molecule has 1 N–H and O–H groups in total. The molecule has 1 aliphatic rings. The lowest BCUT2D eigenvalue weighted by Gasteiger charge is -2.33. The first kappa shape index (κ1) is 20.4. The van der Waals surface area contributed by atoms with Crippen LogP contribution >= 0.6 is 0 Å². The molecule has 1 atom stereocenters. The number of rotatable bonds is 10. The molecular weight excluding hydrogens is 330 g/mol. The molecule has 146 valence electrons. The summed E-state index contributed by atoms with van der Waals surface area (Å²) in [7, 11) is 0. The molecule has 0 bridgehead atoms. The topological polar surface area (TPSA) is 70.5 Å². The van der Waals surface area contributed by atoms with Gasteiger partial charge in [-0.3, -0.25) is 14.5 Å². The molecule has 7 nitrogen and oxygen atoms in total. The van der Waals surface area contributed by atoms with Crippen molar-refractivity contribution in [1.82, 2.24) is 20.0 Å². The fourth-order valence-electron chi connectivity index (χ4n) is 3.42. The van der Waals surface area contributed by atoms with E-state index >= 15 is 0 Å². The van der Waals surface area contributed by atoms with Crippen LogP contribution in [0.4, 0.5) is 5.82 Å². The lowest BCUT2D eigenvalue weighted by atomic mass is 10.1. The maximum atomic E-state index is 12.8. The smallest absolute Gasteiger partial charge is 0.243 e. The Morgan fingerprint density at radius 3 is 2.77 bits per heavy atom. The summed E-state index contributed by atoms with van der Waals surface area (Å²) in [5.74, 6) is 0.649. The van der Waals surface area contributed by atoms with Gasteiger partial charge in [-0.05, 0) is 32.9 Å². The number of fused-ring (bicyclic) bond motifs is 1. The van der Waals surface area contributed by atoms with E-state index < -0.39 is 6.04 Å². The Morgan fingerprint density at radius 1 is 1.35 bits per heavy atom. The Hall–Kier alpha value is -1.89. The summed E-state index contributed by atoms with van der Waals surface area (Å²) >= 11 is 0. The van der Waals surface area contributed by atoms with E-state index in [1.807, 2.05) is 24.6 Å². The van der Waals surface area contributed by atoms with E-state index in [0.29, 0.717) is 25.9 Å². The molecule has 0 saturated carbocycles. The predicted octanol–water partition coefficient (Wildman–Crippen LogP) is 1.95. The van der Waals surface area contributed by atoms with Gasteiger partial charge in [-0.2, -0.15) is 5.10 Å². The van der Waals surface area contributed by atoms with Gasteiger partial charge < -0.3 is 10.2 Å². The van der Waals surface area contributed by atoms with Crippen LogP contribution in [0.3, 0.4) is 0 Å². The van der Waals surface area contributed by atoms with Crippen molar-refractivity contribution in [2.45, 2.75) is 66.0 Å². The first-order valence-electron chi connectivity index (χ1n) is 9.88. The Balaban J connectivity index is 1.99. The minimum Gasteiger partial charge on any atom is -0.353 e. The fourth-order valence-corrected chi connectivity index (χ4v) is 3.42. The molecule has 26 heavy (non-hydrogen) atoms. The molecule has 1 aromatic heterocycles. The number of amides is 2. The zero-order chi connectivity index (χ0) is 19.1. The van der Waals surface area contributed by atoms with E-state index in [9.17, 15) is 9.59 Å². The van der Waals surface area contributed by atoms with Crippen molar-refractivity contribution in [2.75, 3.05) is 31.1 Å². The highest BCUT2D eigenvalue weighted by molar-refractivity contribution is 6.00. The molecule has 0 fully saturated rings. The molecule has 7 heteroatoms. The van der Waals surface area contributed by atoms with Gasteiger partial charge in [0, 0.05) is 25.6 Å². The van der Waals surface area contributed by atoms with Crippen molar-refractivity contribution in [3.05, 3.63) is 11.8 Å². The number of aromatic nitrogens is 2. The van der Waals surface area contributed by atoms with E-state index in [2.05, 4.69) is 29.2 Å². The summed E-state index contributed by atoms with van der Waals surface area (Å²) in [6.07, 6.45) is 3.31. The molecule has 2 rings (SSSR count). The van der Waals surface area contributed by atoms with E-state index in [-0.39, 0.29) is 11.8 Å². The number of aryl methyl sites for hydroxylation is 2. The molecule has 2 amide bonds. The van der Waals surface area contributed by atoms with Crippen LogP contribution in [0.1, 0.15) is 52.1 Å². The second kappa shape index (κ2) is 9.71. The molecule has 0 aliphatic carbocycles. The third-order valence-electron chi connectivity index (χ3n) is 4.94. The number of nitrogens with zero attached hydrogens (tertiary/aromatic N) is 4. The predicted molar refractivity (Wildman–Crippen MR) is 103 cm³/mol. The van der Waals surface area contributed by atoms with E-state index in [1.165, 1.54) is 12.8 Å². The van der Waals surface area contributed by atoms with Crippen molar-refractivity contribution in [3.63, 3.8) is 0 Å². The van der Waals surface area contributed by atoms with Crippen LogP contribution in [-0.4, -0.2) is 58.7 Å². The van der Waals surface area contributed by atoms with Crippen LogP contribution in [0.15, 0.2) is 6.07 Å². The van der Waals surface area contributed by atoms with E-state index in [1.54, 1.807) is 4.90 Å². The average Bonchev–Trinajstić information content (AvgIpc) is 3.00. The highest BCUT2D eigenvalue weighted by atomic mass is 16.2. The minimum absolute atomic E-state index is 0.00229. The number of hydrogen-bond donors (Lipinski definition) is 1. The highest BCUT2D eigenvalue weighted by Gasteiger charge is 2.34. The molecule has 1 aliphatic heterocycles. The van der Waals surface area contributed by atoms with Gasteiger partial charge in [-0.25, -0.2) is 4.68 Å². The van der Waals surface area contributed by atoms with Crippen molar-refractivity contribution < 1.29 is 9.59 Å². The highest BCUT2D eigenvalue weighted by Crippen LogP contribution is 2.25. The van der Waals surface area contributed by atoms with E-state index in [0.717, 1.165) is 31.1 Å². The van der Waals surface area contributed by atoms with Crippen molar-refractivity contribution in [1.29, 1.82) is 0 Å². The summed E-state index contributed by atoms with van der Waals surface area (Å²) in [6, 6.07) is 1.40. The lowest BCUT2D eigenvalue weighted by molar-refractivity contribution is -0.127. The quantitative estimate of drug-likeness (QED) is 0.690. The van der Waals surface area contributed by atoms with Crippen LogP contribution in [0.25, 0.3) is 0 Å². The number of carbonyl (C=O) groups excluding carboxylic acids is 2. The molecule has 0 spiro atoms. The van der Waals surface area contributed by atoms with Gasteiger partial charge in [-0.1, -0.05) is 27.2 Å². The molecule has 0 radical (unpaired) electrons. The van der Waals surface area contributed by atoms with Crippen LogP contribution in [-0.2, 0) is 16.1 Å². The maximum absolute atomic E-state index is 12.8. The van der Waals surface area contributed by atoms with Gasteiger partial charge in [0.25, 0.3) is 0 Å². The number of unbranched alkanes of at least 4 members (excludes halogenated alkanes) is 1. The van der Waals surface area contributed by atoms with Gasteiger partial charge in [-0.15, -0.1) is 0 Å². The van der Waals surface area contributed by atoms with Crippen LogP contribution in [0, 0.1) is 6.92 Å². The normalized spacial score (nSPS) is 15.3. The Bertz CT molecular complexity index is 613. The third-order valence-corrected chi connectivity index (χ3v) is 4.94. The number of anilines is 1. The van der Waals surface area contributed by atoms with Gasteiger partial charge in [0.2, 0.25) is 11.8 Å². The van der Waals surface area contributed by atoms with E-state index in [4.69, 9.17) is 0 Å². The number of carbonyl (C=O) groups is 2. The Morgan fingerprint density at radius 2 is 2.12 bits per heavy atom. The second-order valence-electron chi connectivity index (χ2n) is 6.88. The lowest BCUT2D eigenvalue weighted by Crippen LogP contribution is -2.53. The number of likely N-dealkylation sites (N-methyl/N-ethyl adjacent to an activating group) is 1. The molecule has 0 aromatic carbocycles. The largest absolute Gasteiger partial charge is 0.353 e. The zero-order valence-corrected chi connectivity index (χ0v) is 16.6. The standard InChI is InChI=1S/C19H33N5O2/c1-5-8-11-22(7-3)13-10-20-19(26)16(6-2)24-17-14-15(4)21-23(17)12-9-18(24)25/h14,16H,5-13H2,1-4H3,(H,20,26)/t16-/m1/s1. The molecule has 2 heterocycles.